The van der Waals surface area contributed by atoms with Gasteiger partial charge in [0.05, 0.1) is 19.4 Å². The lowest BCUT2D eigenvalue weighted by molar-refractivity contribution is 0.102. The first-order valence-corrected chi connectivity index (χ1v) is 8.97. The van der Waals surface area contributed by atoms with Crippen LogP contribution in [0.2, 0.25) is 0 Å². The fourth-order valence-corrected chi connectivity index (χ4v) is 3.01. The molecule has 0 bridgehead atoms. The summed E-state index contributed by atoms with van der Waals surface area (Å²) in [5.41, 5.74) is 1.82. The van der Waals surface area contributed by atoms with Crippen LogP contribution in [0.15, 0.2) is 53.9 Å². The smallest absolute Gasteiger partial charge is 0.275 e. The van der Waals surface area contributed by atoms with E-state index in [9.17, 15) is 4.79 Å². The zero-order valence-electron chi connectivity index (χ0n) is 14.5. The maximum Gasteiger partial charge on any atom is 0.275 e. The van der Waals surface area contributed by atoms with Gasteiger partial charge in [0, 0.05) is 11.1 Å². The highest BCUT2D eigenvalue weighted by molar-refractivity contribution is 7.14. The summed E-state index contributed by atoms with van der Waals surface area (Å²) in [6.45, 7) is 2.57. The van der Waals surface area contributed by atoms with Gasteiger partial charge in [0.1, 0.15) is 17.2 Å². The number of aromatic nitrogens is 1. The van der Waals surface area contributed by atoms with Gasteiger partial charge >= 0.3 is 0 Å². The molecule has 0 aliphatic rings. The molecule has 0 fully saturated rings. The number of anilines is 3. The Labute approximate surface area is 155 Å². The maximum absolute atomic E-state index is 12.4. The first-order chi connectivity index (χ1) is 12.7. The number of hydrogen-bond donors (Lipinski definition) is 2. The van der Waals surface area contributed by atoms with Crippen LogP contribution in [-0.4, -0.2) is 24.6 Å². The Kier molecular flexibility index (Phi) is 5.70. The van der Waals surface area contributed by atoms with Crippen LogP contribution in [0.1, 0.15) is 17.4 Å². The van der Waals surface area contributed by atoms with Crippen molar-refractivity contribution in [3.8, 4) is 11.5 Å². The Morgan fingerprint density at radius 3 is 2.65 bits per heavy atom. The fraction of sp³-hybridized carbons (Fsp3) is 0.158. The normalized spacial score (nSPS) is 10.2. The summed E-state index contributed by atoms with van der Waals surface area (Å²) in [5, 5.41) is 8.34. The molecule has 0 saturated heterocycles. The molecule has 2 N–H and O–H groups in total. The van der Waals surface area contributed by atoms with E-state index in [4.69, 9.17) is 9.47 Å². The molecule has 3 aromatic rings. The van der Waals surface area contributed by atoms with Crippen molar-refractivity contribution in [1.29, 1.82) is 0 Å². The quantitative estimate of drug-likeness (QED) is 0.639. The molecule has 6 nitrogen and oxygen atoms in total. The molecule has 7 heteroatoms. The first kappa shape index (κ1) is 17.8. The molecule has 0 radical (unpaired) electrons. The number of benzene rings is 2. The molecule has 1 aromatic heterocycles. The van der Waals surface area contributed by atoms with Gasteiger partial charge in [0.25, 0.3) is 5.91 Å². The van der Waals surface area contributed by atoms with E-state index in [1.165, 1.54) is 11.3 Å². The molecule has 0 unspecified atom stereocenters. The Morgan fingerprint density at radius 1 is 1.15 bits per heavy atom. The number of carbonyl (C=O) groups excluding carboxylic acids is 1. The molecule has 1 heterocycles. The molecule has 0 atom stereocenters. The summed E-state index contributed by atoms with van der Waals surface area (Å²) in [4.78, 5) is 16.7. The van der Waals surface area contributed by atoms with Crippen molar-refractivity contribution >= 4 is 33.8 Å². The van der Waals surface area contributed by atoms with E-state index in [1.54, 1.807) is 24.6 Å². The van der Waals surface area contributed by atoms with Gasteiger partial charge in [0.2, 0.25) is 0 Å². The number of hydrogen-bond acceptors (Lipinski definition) is 6. The fourth-order valence-electron chi connectivity index (χ4n) is 2.29. The summed E-state index contributed by atoms with van der Waals surface area (Å²) >= 11 is 1.36. The van der Waals surface area contributed by atoms with E-state index in [2.05, 4.69) is 15.6 Å². The van der Waals surface area contributed by atoms with E-state index < -0.39 is 0 Å². The van der Waals surface area contributed by atoms with Crippen LogP contribution in [0, 0.1) is 0 Å². The van der Waals surface area contributed by atoms with E-state index in [-0.39, 0.29) is 5.91 Å². The average molecular weight is 369 g/mol. The molecule has 1 amide bonds. The molecule has 26 heavy (non-hydrogen) atoms. The first-order valence-electron chi connectivity index (χ1n) is 8.09. The average Bonchev–Trinajstić information content (AvgIpc) is 3.13. The van der Waals surface area contributed by atoms with Crippen LogP contribution in [0.25, 0.3) is 0 Å². The minimum Gasteiger partial charge on any atom is -0.495 e. The van der Waals surface area contributed by atoms with Crippen LogP contribution >= 0.6 is 11.3 Å². The highest BCUT2D eigenvalue weighted by Crippen LogP contribution is 2.26. The number of methoxy groups -OCH3 is 1. The van der Waals surface area contributed by atoms with Gasteiger partial charge in [-0.05, 0) is 43.3 Å². The lowest BCUT2D eigenvalue weighted by Gasteiger charge is -2.08. The van der Waals surface area contributed by atoms with Crippen molar-refractivity contribution in [2.45, 2.75) is 6.92 Å². The second-order valence-electron chi connectivity index (χ2n) is 5.27. The third-order valence-electron chi connectivity index (χ3n) is 3.51. The van der Waals surface area contributed by atoms with Crippen molar-refractivity contribution in [3.63, 3.8) is 0 Å². The second kappa shape index (κ2) is 8.35. The van der Waals surface area contributed by atoms with Crippen LogP contribution < -0.4 is 20.1 Å². The molecule has 0 aliphatic heterocycles. The van der Waals surface area contributed by atoms with Crippen molar-refractivity contribution in [3.05, 3.63) is 59.6 Å². The summed E-state index contributed by atoms with van der Waals surface area (Å²) in [5.74, 6) is 1.13. The Bertz CT molecular complexity index is 878. The van der Waals surface area contributed by atoms with Crippen LogP contribution in [0.4, 0.5) is 16.5 Å². The molecule has 0 saturated carbocycles. The van der Waals surface area contributed by atoms with Crippen LogP contribution in [-0.2, 0) is 0 Å². The summed E-state index contributed by atoms with van der Waals surface area (Å²) in [7, 11) is 1.56. The van der Waals surface area contributed by atoms with E-state index in [0.29, 0.717) is 28.9 Å². The van der Waals surface area contributed by atoms with E-state index in [1.807, 2.05) is 43.3 Å². The lowest BCUT2D eigenvalue weighted by Crippen LogP contribution is -2.13. The number of para-hydroxylation sites is 2. The standard InChI is InChI=1S/C19H19N3O3S/c1-3-25-14-10-8-13(9-11-14)20-19-22-16(12-26-19)18(23)21-15-6-4-5-7-17(15)24-2/h4-12H,3H2,1-2H3,(H,20,22)(H,21,23). The van der Waals surface area contributed by atoms with Gasteiger partial charge < -0.3 is 20.1 Å². The molecular formula is C19H19N3O3S. The highest BCUT2D eigenvalue weighted by atomic mass is 32.1. The van der Waals surface area contributed by atoms with Gasteiger partial charge in [-0.15, -0.1) is 11.3 Å². The number of ether oxygens (including phenoxy) is 2. The molecule has 3 rings (SSSR count). The Hall–Kier alpha value is -3.06. The van der Waals surface area contributed by atoms with Gasteiger partial charge in [-0.1, -0.05) is 12.1 Å². The van der Waals surface area contributed by atoms with E-state index >= 15 is 0 Å². The number of nitrogens with one attached hydrogen (secondary N) is 2. The zero-order valence-corrected chi connectivity index (χ0v) is 15.3. The van der Waals surface area contributed by atoms with E-state index in [0.717, 1.165) is 11.4 Å². The van der Waals surface area contributed by atoms with Crippen molar-refractivity contribution in [2.24, 2.45) is 0 Å². The highest BCUT2D eigenvalue weighted by Gasteiger charge is 2.13. The monoisotopic (exact) mass is 369 g/mol. The summed E-state index contributed by atoms with van der Waals surface area (Å²) < 4.78 is 10.7. The summed E-state index contributed by atoms with van der Waals surface area (Å²) in [6, 6.07) is 14.8. The van der Waals surface area contributed by atoms with Gasteiger partial charge in [-0.25, -0.2) is 4.98 Å². The van der Waals surface area contributed by atoms with Crippen molar-refractivity contribution in [2.75, 3.05) is 24.4 Å². The second-order valence-corrected chi connectivity index (χ2v) is 6.13. The summed E-state index contributed by atoms with van der Waals surface area (Å²) in [6.07, 6.45) is 0. The largest absolute Gasteiger partial charge is 0.495 e. The zero-order chi connectivity index (χ0) is 18.4. The predicted molar refractivity (Wildman–Crippen MR) is 104 cm³/mol. The third-order valence-corrected chi connectivity index (χ3v) is 4.27. The molecule has 2 aromatic carbocycles. The number of carbonyl (C=O) groups is 1. The number of thiazole rings is 1. The number of amides is 1. The van der Waals surface area contributed by atoms with Gasteiger partial charge in [-0.2, -0.15) is 0 Å². The number of rotatable bonds is 7. The molecular weight excluding hydrogens is 350 g/mol. The van der Waals surface area contributed by atoms with Crippen molar-refractivity contribution in [1.82, 2.24) is 4.98 Å². The third kappa shape index (κ3) is 4.31. The van der Waals surface area contributed by atoms with Crippen LogP contribution in [0.3, 0.4) is 0 Å². The lowest BCUT2D eigenvalue weighted by atomic mass is 10.3. The van der Waals surface area contributed by atoms with Gasteiger partial charge in [0.15, 0.2) is 5.13 Å². The SMILES string of the molecule is CCOc1ccc(Nc2nc(C(=O)Nc3ccccc3OC)cs2)cc1. The molecule has 0 spiro atoms. The molecule has 0 aliphatic carbocycles. The Balaban J connectivity index is 1.66. The maximum atomic E-state index is 12.4. The predicted octanol–water partition coefficient (Wildman–Crippen LogP) is 4.55. The van der Waals surface area contributed by atoms with Crippen LogP contribution in [0.5, 0.6) is 11.5 Å². The minimum absolute atomic E-state index is 0.287. The minimum atomic E-state index is -0.287. The topological polar surface area (TPSA) is 72.5 Å². The Morgan fingerprint density at radius 2 is 1.92 bits per heavy atom. The van der Waals surface area contributed by atoms with Gasteiger partial charge in [-0.3, -0.25) is 4.79 Å². The number of nitrogens with zero attached hydrogens (tertiary/aromatic N) is 1. The molecule has 134 valence electrons. The van der Waals surface area contributed by atoms with Crippen molar-refractivity contribution < 1.29 is 14.3 Å².